The van der Waals surface area contributed by atoms with Crippen LogP contribution in [0.25, 0.3) is 22.2 Å². The molecule has 1 atom stereocenters. The van der Waals surface area contributed by atoms with E-state index in [4.69, 9.17) is 5.73 Å². The van der Waals surface area contributed by atoms with Gasteiger partial charge in [-0.1, -0.05) is 48.5 Å². The lowest BCUT2D eigenvalue weighted by Crippen LogP contribution is -2.05. The molecule has 0 saturated heterocycles. The lowest BCUT2D eigenvalue weighted by atomic mass is 10.0. The summed E-state index contributed by atoms with van der Waals surface area (Å²) in [6, 6.07) is 18.7. The Bertz CT molecular complexity index is 666. The lowest BCUT2D eigenvalue weighted by Gasteiger charge is -2.08. The number of nitrogens with one attached hydrogen (secondary N) is 1. The zero-order chi connectivity index (χ0) is 12.5. The summed E-state index contributed by atoms with van der Waals surface area (Å²) in [6.45, 7) is 2.03. The van der Waals surface area contributed by atoms with Gasteiger partial charge < -0.3 is 10.7 Å². The van der Waals surface area contributed by atoms with E-state index in [2.05, 4.69) is 35.3 Å². The SMILES string of the molecule is C[C@H](N)c1c(-c2ccccc2)[nH]c2ccccc12. The number of para-hydroxylation sites is 1. The van der Waals surface area contributed by atoms with Crippen molar-refractivity contribution in [2.24, 2.45) is 5.73 Å². The van der Waals surface area contributed by atoms with Gasteiger partial charge in [-0.25, -0.2) is 0 Å². The Balaban J connectivity index is 2.32. The topological polar surface area (TPSA) is 41.8 Å². The Morgan fingerprint density at radius 3 is 2.33 bits per heavy atom. The molecule has 2 heteroatoms. The molecule has 0 spiro atoms. The van der Waals surface area contributed by atoms with E-state index in [0.29, 0.717) is 0 Å². The maximum Gasteiger partial charge on any atom is 0.0513 e. The fraction of sp³-hybridized carbons (Fsp3) is 0.125. The highest BCUT2D eigenvalue weighted by atomic mass is 14.7. The first kappa shape index (κ1) is 11.1. The molecule has 0 fully saturated rings. The van der Waals surface area contributed by atoms with Crippen LogP contribution in [-0.4, -0.2) is 4.98 Å². The summed E-state index contributed by atoms with van der Waals surface area (Å²) in [6.07, 6.45) is 0. The van der Waals surface area contributed by atoms with Crippen LogP contribution in [0.5, 0.6) is 0 Å². The number of aromatic amines is 1. The third kappa shape index (κ3) is 1.71. The van der Waals surface area contributed by atoms with Crippen LogP contribution in [-0.2, 0) is 0 Å². The molecule has 0 saturated carbocycles. The van der Waals surface area contributed by atoms with E-state index in [9.17, 15) is 0 Å². The zero-order valence-corrected chi connectivity index (χ0v) is 10.4. The highest BCUT2D eigenvalue weighted by Gasteiger charge is 2.15. The van der Waals surface area contributed by atoms with Crippen LogP contribution in [0.15, 0.2) is 54.6 Å². The van der Waals surface area contributed by atoms with Gasteiger partial charge in [-0.3, -0.25) is 0 Å². The maximum absolute atomic E-state index is 6.14. The molecule has 0 radical (unpaired) electrons. The third-order valence-corrected chi connectivity index (χ3v) is 3.26. The first-order valence-electron chi connectivity index (χ1n) is 6.19. The second kappa shape index (κ2) is 4.31. The highest BCUT2D eigenvalue weighted by Crippen LogP contribution is 2.33. The van der Waals surface area contributed by atoms with Crippen LogP contribution >= 0.6 is 0 Å². The second-order valence-electron chi connectivity index (χ2n) is 4.61. The number of aromatic nitrogens is 1. The van der Waals surface area contributed by atoms with Gasteiger partial charge in [0.05, 0.1) is 5.69 Å². The maximum atomic E-state index is 6.14. The average molecular weight is 236 g/mol. The molecular formula is C16H16N2. The molecule has 3 N–H and O–H groups in total. The van der Waals surface area contributed by atoms with Gasteiger partial charge in [-0.05, 0) is 18.6 Å². The lowest BCUT2D eigenvalue weighted by molar-refractivity contribution is 0.828. The summed E-state index contributed by atoms with van der Waals surface area (Å²) in [5.74, 6) is 0. The second-order valence-corrected chi connectivity index (χ2v) is 4.61. The normalized spacial score (nSPS) is 12.8. The smallest absolute Gasteiger partial charge is 0.0513 e. The molecule has 2 aromatic carbocycles. The number of nitrogens with two attached hydrogens (primary N) is 1. The van der Waals surface area contributed by atoms with E-state index in [1.807, 2.05) is 31.2 Å². The van der Waals surface area contributed by atoms with E-state index < -0.39 is 0 Å². The van der Waals surface area contributed by atoms with Crippen molar-refractivity contribution < 1.29 is 0 Å². The van der Waals surface area contributed by atoms with Crippen molar-refractivity contribution in [3.63, 3.8) is 0 Å². The standard InChI is InChI=1S/C16H16N2/c1-11(17)15-13-9-5-6-10-14(13)18-16(15)12-7-3-2-4-8-12/h2-11,18H,17H2,1H3/t11-/m0/s1. The molecule has 0 aliphatic carbocycles. The Labute approximate surface area is 106 Å². The summed E-state index contributed by atoms with van der Waals surface area (Å²) in [5.41, 5.74) is 10.8. The minimum Gasteiger partial charge on any atom is -0.354 e. The summed E-state index contributed by atoms with van der Waals surface area (Å²) in [4.78, 5) is 3.48. The molecule has 0 unspecified atom stereocenters. The van der Waals surface area contributed by atoms with Gasteiger partial charge in [-0.15, -0.1) is 0 Å². The number of benzene rings is 2. The van der Waals surface area contributed by atoms with Gasteiger partial charge in [0.1, 0.15) is 0 Å². The average Bonchev–Trinajstić information content (AvgIpc) is 2.79. The summed E-state index contributed by atoms with van der Waals surface area (Å²) in [7, 11) is 0. The van der Waals surface area contributed by atoms with Gasteiger partial charge in [0.2, 0.25) is 0 Å². The Hall–Kier alpha value is -2.06. The molecular weight excluding hydrogens is 220 g/mol. The van der Waals surface area contributed by atoms with Gasteiger partial charge in [0, 0.05) is 22.5 Å². The number of hydrogen-bond acceptors (Lipinski definition) is 1. The Morgan fingerprint density at radius 2 is 1.61 bits per heavy atom. The predicted molar refractivity (Wildman–Crippen MR) is 76.3 cm³/mol. The van der Waals surface area contributed by atoms with E-state index in [-0.39, 0.29) is 6.04 Å². The number of fused-ring (bicyclic) bond motifs is 1. The monoisotopic (exact) mass is 236 g/mol. The molecule has 2 nitrogen and oxygen atoms in total. The molecule has 1 heterocycles. The molecule has 1 aromatic heterocycles. The predicted octanol–water partition coefficient (Wildman–Crippen LogP) is 3.85. The number of rotatable bonds is 2. The number of hydrogen-bond donors (Lipinski definition) is 2. The van der Waals surface area contributed by atoms with Crippen molar-refractivity contribution in [3.8, 4) is 11.3 Å². The first-order valence-corrected chi connectivity index (χ1v) is 6.19. The molecule has 0 aliphatic rings. The minimum atomic E-state index is 0.0105. The van der Waals surface area contributed by atoms with Crippen molar-refractivity contribution in [2.45, 2.75) is 13.0 Å². The summed E-state index contributed by atoms with van der Waals surface area (Å²) >= 11 is 0. The van der Waals surface area contributed by atoms with Gasteiger partial charge in [0.15, 0.2) is 0 Å². The highest BCUT2D eigenvalue weighted by molar-refractivity contribution is 5.91. The summed E-state index contributed by atoms with van der Waals surface area (Å²) in [5, 5.41) is 1.21. The summed E-state index contributed by atoms with van der Waals surface area (Å²) < 4.78 is 0. The van der Waals surface area contributed by atoms with E-state index in [1.165, 1.54) is 16.5 Å². The largest absolute Gasteiger partial charge is 0.354 e. The van der Waals surface area contributed by atoms with Crippen LogP contribution in [0.4, 0.5) is 0 Å². The van der Waals surface area contributed by atoms with Crippen molar-refractivity contribution in [2.75, 3.05) is 0 Å². The third-order valence-electron chi connectivity index (χ3n) is 3.26. The Kier molecular flexibility index (Phi) is 2.65. The first-order chi connectivity index (χ1) is 8.77. The zero-order valence-electron chi connectivity index (χ0n) is 10.4. The molecule has 90 valence electrons. The van der Waals surface area contributed by atoms with Crippen LogP contribution < -0.4 is 5.73 Å². The van der Waals surface area contributed by atoms with Crippen molar-refractivity contribution in [3.05, 3.63) is 60.2 Å². The molecule has 0 aliphatic heterocycles. The minimum absolute atomic E-state index is 0.0105. The van der Waals surface area contributed by atoms with Crippen LogP contribution in [0, 0.1) is 0 Å². The number of H-pyrrole nitrogens is 1. The van der Waals surface area contributed by atoms with Crippen LogP contribution in [0.1, 0.15) is 18.5 Å². The van der Waals surface area contributed by atoms with Crippen LogP contribution in [0.2, 0.25) is 0 Å². The molecule has 0 amide bonds. The van der Waals surface area contributed by atoms with Gasteiger partial charge in [0.25, 0.3) is 0 Å². The molecule has 18 heavy (non-hydrogen) atoms. The van der Waals surface area contributed by atoms with Crippen LogP contribution in [0.3, 0.4) is 0 Å². The Morgan fingerprint density at radius 1 is 0.944 bits per heavy atom. The van der Waals surface area contributed by atoms with Crippen molar-refractivity contribution >= 4 is 10.9 Å². The molecule has 0 bridgehead atoms. The van der Waals surface area contributed by atoms with Gasteiger partial charge in [-0.2, -0.15) is 0 Å². The quantitative estimate of drug-likeness (QED) is 0.697. The fourth-order valence-electron chi connectivity index (χ4n) is 2.47. The van der Waals surface area contributed by atoms with E-state index >= 15 is 0 Å². The van der Waals surface area contributed by atoms with Crippen molar-refractivity contribution in [1.29, 1.82) is 0 Å². The van der Waals surface area contributed by atoms with E-state index in [0.717, 1.165) is 11.2 Å². The van der Waals surface area contributed by atoms with Gasteiger partial charge >= 0.3 is 0 Å². The molecule has 3 aromatic rings. The van der Waals surface area contributed by atoms with E-state index in [1.54, 1.807) is 0 Å². The molecule has 3 rings (SSSR count). The van der Waals surface area contributed by atoms with Crippen molar-refractivity contribution in [1.82, 2.24) is 4.98 Å². The fourth-order valence-corrected chi connectivity index (χ4v) is 2.47.